The Morgan fingerprint density at radius 2 is 1.70 bits per heavy atom. The number of hydrogen-bond acceptors (Lipinski definition) is 6. The summed E-state index contributed by atoms with van der Waals surface area (Å²) in [5.74, 6) is -2.36. The molecule has 0 saturated carbocycles. The van der Waals surface area contributed by atoms with Crippen molar-refractivity contribution in [1.82, 2.24) is 20.0 Å². The standard InChI is InChI=1S/C33H32F2N6O3/c1-3-40(4-2)17-20-18-41-33(44-19-20)26(29(39-41)22-13-8-9-15-24(22)34)31(42)38-30-32(43)37-28-23(14-10-16-25(28)35)27(36-30)21-11-6-5-7-12-21/h5-16,20,30H,3-4,17-19H2,1-2H3,(H,37,43)(H,38,42). The van der Waals surface area contributed by atoms with Gasteiger partial charge in [-0.1, -0.05) is 68.4 Å². The fourth-order valence-electron chi connectivity index (χ4n) is 5.63. The number of ether oxygens (including phenoxy) is 1. The molecule has 2 N–H and O–H groups in total. The van der Waals surface area contributed by atoms with Crippen LogP contribution < -0.4 is 15.4 Å². The Bertz CT molecular complexity index is 1730. The number of benzodiazepines with no additional fused rings is 1. The quantitative estimate of drug-likeness (QED) is 0.306. The van der Waals surface area contributed by atoms with Crippen molar-refractivity contribution in [2.75, 3.05) is 31.6 Å². The van der Waals surface area contributed by atoms with Crippen LogP contribution in [0.4, 0.5) is 14.5 Å². The zero-order valence-corrected chi connectivity index (χ0v) is 24.4. The van der Waals surface area contributed by atoms with Crippen molar-refractivity contribution in [3.63, 3.8) is 0 Å². The van der Waals surface area contributed by atoms with Crippen LogP contribution in [0.25, 0.3) is 11.3 Å². The summed E-state index contributed by atoms with van der Waals surface area (Å²) in [7, 11) is 0. The zero-order valence-electron chi connectivity index (χ0n) is 24.4. The van der Waals surface area contributed by atoms with E-state index in [-0.39, 0.29) is 34.3 Å². The minimum Gasteiger partial charge on any atom is -0.477 e. The highest BCUT2D eigenvalue weighted by atomic mass is 19.1. The molecule has 2 aliphatic rings. The summed E-state index contributed by atoms with van der Waals surface area (Å²) in [6.45, 7) is 7.54. The summed E-state index contributed by atoms with van der Waals surface area (Å²) in [6.07, 6.45) is -1.44. The van der Waals surface area contributed by atoms with Crippen molar-refractivity contribution in [3.8, 4) is 17.1 Å². The second-order valence-corrected chi connectivity index (χ2v) is 10.7. The molecule has 0 bridgehead atoms. The van der Waals surface area contributed by atoms with E-state index in [1.807, 2.05) is 6.07 Å². The van der Waals surface area contributed by atoms with Crippen LogP contribution in [0.1, 0.15) is 35.3 Å². The van der Waals surface area contributed by atoms with Crippen LogP contribution in [-0.2, 0) is 11.3 Å². The van der Waals surface area contributed by atoms with Crippen molar-refractivity contribution >= 4 is 23.2 Å². The first-order valence-corrected chi connectivity index (χ1v) is 14.6. The van der Waals surface area contributed by atoms with Crippen molar-refractivity contribution < 1.29 is 23.1 Å². The minimum atomic E-state index is -1.44. The summed E-state index contributed by atoms with van der Waals surface area (Å²) in [4.78, 5) is 34.3. The van der Waals surface area contributed by atoms with E-state index in [9.17, 15) is 14.0 Å². The van der Waals surface area contributed by atoms with Gasteiger partial charge < -0.3 is 20.3 Å². The van der Waals surface area contributed by atoms with Gasteiger partial charge in [0, 0.05) is 29.2 Å². The van der Waals surface area contributed by atoms with Gasteiger partial charge >= 0.3 is 0 Å². The highest BCUT2D eigenvalue weighted by molar-refractivity contribution is 6.20. The number of amides is 2. The number of hydrogen-bond donors (Lipinski definition) is 2. The third-order valence-corrected chi connectivity index (χ3v) is 7.90. The van der Waals surface area contributed by atoms with Crippen LogP contribution in [-0.4, -0.2) is 64.6 Å². The van der Waals surface area contributed by atoms with Crippen LogP contribution in [0, 0.1) is 17.6 Å². The van der Waals surface area contributed by atoms with Crippen LogP contribution in [0.5, 0.6) is 5.88 Å². The maximum atomic E-state index is 15.1. The second kappa shape index (κ2) is 12.4. The van der Waals surface area contributed by atoms with Gasteiger partial charge in [0.25, 0.3) is 11.8 Å². The van der Waals surface area contributed by atoms with E-state index in [0.29, 0.717) is 30.0 Å². The average molecular weight is 599 g/mol. The molecule has 0 radical (unpaired) electrons. The molecule has 2 atom stereocenters. The van der Waals surface area contributed by atoms with E-state index in [1.54, 1.807) is 47.1 Å². The van der Waals surface area contributed by atoms with Gasteiger partial charge in [0.2, 0.25) is 12.0 Å². The second-order valence-electron chi connectivity index (χ2n) is 10.7. The molecule has 0 saturated heterocycles. The van der Waals surface area contributed by atoms with Gasteiger partial charge in [-0.05, 0) is 31.3 Å². The number of anilines is 1. The number of aliphatic imine (C=N–C) groups is 1. The molecule has 226 valence electrons. The zero-order chi connectivity index (χ0) is 30.8. The van der Waals surface area contributed by atoms with E-state index >= 15 is 4.39 Å². The molecule has 9 nitrogen and oxygen atoms in total. The van der Waals surface area contributed by atoms with E-state index in [0.717, 1.165) is 19.6 Å². The Balaban J connectivity index is 1.39. The largest absolute Gasteiger partial charge is 0.477 e. The lowest BCUT2D eigenvalue weighted by atomic mass is 10.0. The Morgan fingerprint density at radius 1 is 1.00 bits per heavy atom. The maximum Gasteiger partial charge on any atom is 0.269 e. The minimum absolute atomic E-state index is 0.00593. The predicted octanol–water partition coefficient (Wildman–Crippen LogP) is 4.72. The van der Waals surface area contributed by atoms with Gasteiger partial charge in [-0.25, -0.2) is 18.5 Å². The summed E-state index contributed by atoms with van der Waals surface area (Å²) in [6, 6.07) is 19.5. The molecule has 2 unspecified atom stereocenters. The maximum absolute atomic E-state index is 15.1. The summed E-state index contributed by atoms with van der Waals surface area (Å²) in [5.41, 5.74) is 1.51. The van der Waals surface area contributed by atoms with Crippen LogP contribution in [0.2, 0.25) is 0 Å². The van der Waals surface area contributed by atoms with Crippen LogP contribution in [0.15, 0.2) is 77.8 Å². The van der Waals surface area contributed by atoms with Crippen molar-refractivity contribution in [2.45, 2.75) is 26.6 Å². The van der Waals surface area contributed by atoms with Crippen molar-refractivity contribution in [2.24, 2.45) is 10.9 Å². The SMILES string of the molecule is CCN(CC)CC1COc2c(C(=O)NC3N=C(c4ccccc4)c4cccc(F)c4NC3=O)c(-c3ccccc3F)nn2C1. The molecule has 3 heterocycles. The Kier molecular flexibility index (Phi) is 8.21. The highest BCUT2D eigenvalue weighted by Gasteiger charge is 2.35. The first-order chi connectivity index (χ1) is 21.4. The number of aromatic nitrogens is 2. The average Bonchev–Trinajstić information content (AvgIpc) is 3.35. The predicted molar refractivity (Wildman–Crippen MR) is 163 cm³/mol. The molecule has 0 aliphatic carbocycles. The highest BCUT2D eigenvalue weighted by Crippen LogP contribution is 2.35. The lowest BCUT2D eigenvalue weighted by Gasteiger charge is -2.29. The molecule has 0 fully saturated rings. The molecule has 44 heavy (non-hydrogen) atoms. The number of carbonyl (C=O) groups excluding carboxylic acids is 2. The van der Waals surface area contributed by atoms with Crippen LogP contribution in [0.3, 0.4) is 0 Å². The molecule has 1 aromatic heterocycles. The molecular weight excluding hydrogens is 566 g/mol. The summed E-state index contributed by atoms with van der Waals surface area (Å²) in [5, 5.41) is 9.90. The molecule has 3 aromatic carbocycles. The van der Waals surface area contributed by atoms with E-state index in [1.165, 1.54) is 24.3 Å². The molecule has 2 aliphatic heterocycles. The number of nitrogens with zero attached hydrogens (tertiary/aromatic N) is 4. The number of halogens is 2. The van der Waals surface area contributed by atoms with Crippen molar-refractivity contribution in [1.29, 1.82) is 0 Å². The van der Waals surface area contributed by atoms with E-state index < -0.39 is 29.6 Å². The Hall–Kier alpha value is -4.90. The lowest BCUT2D eigenvalue weighted by Crippen LogP contribution is -2.43. The van der Waals surface area contributed by atoms with Gasteiger partial charge in [-0.2, -0.15) is 5.10 Å². The van der Waals surface area contributed by atoms with E-state index in [4.69, 9.17) is 4.74 Å². The molecule has 0 spiro atoms. The van der Waals surface area contributed by atoms with Gasteiger partial charge in [-0.15, -0.1) is 0 Å². The number of carbonyl (C=O) groups is 2. The van der Waals surface area contributed by atoms with Gasteiger partial charge in [0.1, 0.15) is 22.9 Å². The lowest BCUT2D eigenvalue weighted by molar-refractivity contribution is -0.117. The van der Waals surface area contributed by atoms with E-state index in [2.05, 4.69) is 39.5 Å². The normalized spacial score (nSPS) is 17.6. The third-order valence-electron chi connectivity index (χ3n) is 7.90. The van der Waals surface area contributed by atoms with Gasteiger partial charge in [0.15, 0.2) is 0 Å². The molecule has 6 rings (SSSR count). The fourth-order valence-corrected chi connectivity index (χ4v) is 5.63. The molecule has 11 heteroatoms. The first kappa shape index (κ1) is 29.2. The first-order valence-electron chi connectivity index (χ1n) is 14.6. The number of rotatable bonds is 8. The van der Waals surface area contributed by atoms with Gasteiger partial charge in [-0.3, -0.25) is 9.59 Å². The van der Waals surface area contributed by atoms with Gasteiger partial charge in [0.05, 0.1) is 24.6 Å². The third kappa shape index (κ3) is 5.58. The number of fused-ring (bicyclic) bond motifs is 2. The monoisotopic (exact) mass is 598 g/mol. The fraction of sp³-hybridized carbons (Fsp3) is 0.273. The summed E-state index contributed by atoms with van der Waals surface area (Å²) >= 11 is 0. The van der Waals surface area contributed by atoms with Crippen LogP contribution >= 0.6 is 0 Å². The molecule has 2 amide bonds. The molecule has 4 aromatic rings. The topological polar surface area (TPSA) is 101 Å². The number of para-hydroxylation sites is 1. The Morgan fingerprint density at radius 3 is 2.45 bits per heavy atom. The smallest absolute Gasteiger partial charge is 0.269 e. The number of benzene rings is 3. The summed E-state index contributed by atoms with van der Waals surface area (Å²) < 4.78 is 37.7. The number of nitrogens with one attached hydrogen (secondary N) is 2. The van der Waals surface area contributed by atoms with Crippen molar-refractivity contribution in [3.05, 3.63) is 101 Å². The molecular formula is C33H32F2N6O3. The Labute approximate surface area is 253 Å².